The fourth-order valence-corrected chi connectivity index (χ4v) is 2.58. The Morgan fingerprint density at radius 2 is 2.16 bits per heavy atom. The van der Waals surface area contributed by atoms with E-state index in [4.69, 9.17) is 14.8 Å². The summed E-state index contributed by atoms with van der Waals surface area (Å²) in [5, 5.41) is 17.9. The Morgan fingerprint density at radius 3 is 2.79 bits per heavy atom. The van der Waals surface area contributed by atoms with Gasteiger partial charge in [0.05, 0.1) is 12.7 Å². The van der Waals surface area contributed by atoms with Crippen molar-refractivity contribution in [1.29, 1.82) is 0 Å². The molecule has 2 unspecified atom stereocenters. The fraction of sp³-hybridized carbons (Fsp3) is 0.571. The number of hydrogen-bond donors (Lipinski definition) is 2. The van der Waals surface area contributed by atoms with Crippen molar-refractivity contribution in [3.05, 3.63) is 29.6 Å². The number of hydrogen-bond acceptors (Lipinski definition) is 3. The van der Waals surface area contributed by atoms with Gasteiger partial charge in [-0.15, -0.1) is 0 Å². The lowest BCUT2D eigenvalue weighted by atomic mass is 9.80. The van der Waals surface area contributed by atoms with Gasteiger partial charge in [-0.1, -0.05) is 31.9 Å². The Bertz CT molecular complexity index is 425. The molecule has 1 aromatic carbocycles. The zero-order valence-electron chi connectivity index (χ0n) is 11.2. The number of halogens is 1. The van der Waals surface area contributed by atoms with E-state index >= 15 is 0 Å². The van der Waals surface area contributed by atoms with Gasteiger partial charge in [0.1, 0.15) is 5.82 Å². The molecule has 0 bridgehead atoms. The van der Waals surface area contributed by atoms with Crippen LogP contribution in [0.25, 0.3) is 0 Å². The average molecular weight is 266 g/mol. The molecule has 0 aromatic heterocycles. The van der Waals surface area contributed by atoms with E-state index in [2.05, 4.69) is 6.92 Å². The summed E-state index contributed by atoms with van der Waals surface area (Å²) in [6.45, 7) is 2.46. The maximum Gasteiger partial charge on any atom is 0.488 e. The first-order valence-corrected chi connectivity index (χ1v) is 6.82. The van der Waals surface area contributed by atoms with E-state index < -0.39 is 12.9 Å². The minimum Gasteiger partial charge on any atom is -0.423 e. The second-order valence-corrected chi connectivity index (χ2v) is 5.43. The average Bonchev–Trinajstić information content (AvgIpc) is 2.37. The largest absolute Gasteiger partial charge is 0.488 e. The maximum absolute atomic E-state index is 13.7. The lowest BCUT2D eigenvalue weighted by molar-refractivity contribution is 0.00354. The van der Waals surface area contributed by atoms with Gasteiger partial charge in [0.25, 0.3) is 0 Å². The Kier molecular flexibility index (Phi) is 4.96. The predicted molar refractivity (Wildman–Crippen MR) is 72.4 cm³/mol. The second-order valence-electron chi connectivity index (χ2n) is 5.43. The molecule has 0 spiro atoms. The highest BCUT2D eigenvalue weighted by atomic mass is 19.1. The molecule has 19 heavy (non-hydrogen) atoms. The van der Waals surface area contributed by atoms with E-state index in [0.717, 1.165) is 18.9 Å². The summed E-state index contributed by atoms with van der Waals surface area (Å²) in [6, 6.07) is 4.21. The molecule has 1 fully saturated rings. The third kappa shape index (κ3) is 4.03. The van der Waals surface area contributed by atoms with Crippen LogP contribution in [-0.4, -0.2) is 23.3 Å². The smallest absolute Gasteiger partial charge is 0.423 e. The lowest BCUT2D eigenvalue weighted by Gasteiger charge is -2.26. The molecular formula is C14H20BFO3. The van der Waals surface area contributed by atoms with Gasteiger partial charge in [-0.2, -0.15) is 0 Å². The van der Waals surface area contributed by atoms with Gasteiger partial charge in [0.15, 0.2) is 0 Å². The zero-order valence-corrected chi connectivity index (χ0v) is 11.2. The predicted octanol–water partition coefficient (Wildman–Crippen LogP) is 1.60. The fourth-order valence-electron chi connectivity index (χ4n) is 2.58. The van der Waals surface area contributed by atoms with Crippen LogP contribution in [0.4, 0.5) is 4.39 Å². The molecule has 104 valence electrons. The molecule has 0 amide bonds. The molecule has 5 heteroatoms. The first-order valence-electron chi connectivity index (χ1n) is 6.82. The summed E-state index contributed by atoms with van der Waals surface area (Å²) in [4.78, 5) is 0. The van der Waals surface area contributed by atoms with Gasteiger partial charge in [-0.25, -0.2) is 4.39 Å². The van der Waals surface area contributed by atoms with Crippen LogP contribution in [0.3, 0.4) is 0 Å². The van der Waals surface area contributed by atoms with E-state index in [1.165, 1.54) is 18.9 Å². The minimum absolute atomic E-state index is 0.160. The Hall–Kier alpha value is -0.905. The van der Waals surface area contributed by atoms with Gasteiger partial charge in [0.2, 0.25) is 0 Å². The van der Waals surface area contributed by atoms with Crippen molar-refractivity contribution in [3.63, 3.8) is 0 Å². The van der Waals surface area contributed by atoms with Crippen LogP contribution >= 0.6 is 0 Å². The van der Waals surface area contributed by atoms with Crippen molar-refractivity contribution in [2.24, 2.45) is 5.92 Å². The topological polar surface area (TPSA) is 49.7 Å². The molecule has 2 atom stereocenters. The minimum atomic E-state index is -1.64. The van der Waals surface area contributed by atoms with Crippen LogP contribution in [0.15, 0.2) is 18.2 Å². The van der Waals surface area contributed by atoms with Crippen LogP contribution in [0.5, 0.6) is 0 Å². The Balaban J connectivity index is 1.92. The third-order valence-electron chi connectivity index (χ3n) is 3.74. The van der Waals surface area contributed by atoms with Crippen molar-refractivity contribution >= 4 is 12.6 Å². The van der Waals surface area contributed by atoms with Crippen molar-refractivity contribution in [3.8, 4) is 0 Å². The molecule has 0 radical (unpaired) electrons. The van der Waals surface area contributed by atoms with Gasteiger partial charge in [0, 0.05) is 5.56 Å². The molecule has 2 rings (SSSR count). The van der Waals surface area contributed by atoms with Gasteiger partial charge < -0.3 is 14.8 Å². The van der Waals surface area contributed by atoms with E-state index in [-0.39, 0.29) is 18.2 Å². The molecule has 1 aromatic rings. The molecule has 3 nitrogen and oxygen atoms in total. The van der Waals surface area contributed by atoms with Gasteiger partial charge in [-0.3, -0.25) is 0 Å². The Labute approximate surface area is 113 Å². The second kappa shape index (κ2) is 6.50. The van der Waals surface area contributed by atoms with Crippen molar-refractivity contribution < 1.29 is 19.2 Å². The summed E-state index contributed by atoms with van der Waals surface area (Å²) < 4.78 is 19.5. The molecule has 1 aliphatic rings. The van der Waals surface area contributed by atoms with Crippen molar-refractivity contribution in [2.75, 3.05) is 0 Å². The first kappa shape index (κ1) is 14.5. The molecule has 2 N–H and O–H groups in total. The van der Waals surface area contributed by atoms with Gasteiger partial charge in [-0.05, 0) is 30.3 Å². The third-order valence-corrected chi connectivity index (χ3v) is 3.74. The number of ether oxygens (including phenoxy) is 1. The molecule has 0 heterocycles. The van der Waals surface area contributed by atoms with Crippen LogP contribution in [0, 0.1) is 11.7 Å². The highest BCUT2D eigenvalue weighted by molar-refractivity contribution is 6.58. The molecule has 1 saturated carbocycles. The van der Waals surface area contributed by atoms with E-state index in [0.29, 0.717) is 11.5 Å². The quantitative estimate of drug-likeness (QED) is 0.814. The standard InChI is InChI=1S/C14H20BFO3/c1-10-3-2-4-13(7-10)19-9-11-5-6-12(15(17)18)8-14(11)16/h5-6,8,10,13,17-18H,2-4,7,9H2,1H3. The Morgan fingerprint density at radius 1 is 1.37 bits per heavy atom. The number of benzene rings is 1. The summed E-state index contributed by atoms with van der Waals surface area (Å²) in [6.07, 6.45) is 4.71. The normalized spacial score (nSPS) is 23.4. The summed E-state index contributed by atoms with van der Waals surface area (Å²) in [5.41, 5.74) is 0.621. The lowest BCUT2D eigenvalue weighted by Crippen LogP contribution is -2.30. The molecule has 0 saturated heterocycles. The van der Waals surface area contributed by atoms with Crippen LogP contribution in [-0.2, 0) is 11.3 Å². The van der Waals surface area contributed by atoms with E-state index in [1.807, 2.05) is 0 Å². The zero-order chi connectivity index (χ0) is 13.8. The SMILES string of the molecule is CC1CCCC(OCc2ccc(B(O)O)cc2F)C1. The van der Waals surface area contributed by atoms with Crippen LogP contribution < -0.4 is 5.46 Å². The van der Waals surface area contributed by atoms with Crippen LogP contribution in [0.1, 0.15) is 38.2 Å². The first-order chi connectivity index (χ1) is 9.06. The maximum atomic E-state index is 13.7. The summed E-state index contributed by atoms with van der Waals surface area (Å²) >= 11 is 0. The van der Waals surface area contributed by atoms with Crippen molar-refractivity contribution in [2.45, 2.75) is 45.3 Å². The van der Waals surface area contributed by atoms with E-state index in [1.54, 1.807) is 6.07 Å². The number of rotatable bonds is 4. The molecular weight excluding hydrogens is 246 g/mol. The highest BCUT2D eigenvalue weighted by Crippen LogP contribution is 2.26. The van der Waals surface area contributed by atoms with E-state index in [9.17, 15) is 4.39 Å². The van der Waals surface area contributed by atoms with Gasteiger partial charge >= 0.3 is 7.12 Å². The molecule has 0 aliphatic heterocycles. The monoisotopic (exact) mass is 266 g/mol. The molecule has 1 aliphatic carbocycles. The van der Waals surface area contributed by atoms with Crippen LogP contribution in [0.2, 0.25) is 0 Å². The highest BCUT2D eigenvalue weighted by Gasteiger charge is 2.20. The summed E-state index contributed by atoms with van der Waals surface area (Å²) in [5.74, 6) is 0.227. The summed E-state index contributed by atoms with van der Waals surface area (Å²) in [7, 11) is -1.64. The van der Waals surface area contributed by atoms with Crippen molar-refractivity contribution in [1.82, 2.24) is 0 Å².